The quantitative estimate of drug-likeness (QED) is 0.307. The van der Waals surface area contributed by atoms with Crippen LogP contribution < -0.4 is 0 Å². The number of aromatic amines is 1. The Bertz CT molecular complexity index is 1380. The minimum absolute atomic E-state index is 0.449. The molecule has 0 aliphatic heterocycles. The number of nitrogens with zero attached hydrogens (tertiary/aromatic N) is 5. The molecule has 0 aliphatic carbocycles. The van der Waals surface area contributed by atoms with Crippen LogP contribution in [0.15, 0.2) is 102 Å². The fourth-order valence-corrected chi connectivity index (χ4v) is 3.44. The summed E-state index contributed by atoms with van der Waals surface area (Å²) in [7, 11) is 0. The van der Waals surface area contributed by atoms with E-state index in [-0.39, 0.29) is 0 Å². The fourth-order valence-electron chi connectivity index (χ4n) is 3.30. The van der Waals surface area contributed by atoms with Gasteiger partial charge in [0, 0.05) is 11.1 Å². The minimum atomic E-state index is 0.449. The number of benzene rings is 3. The van der Waals surface area contributed by atoms with Crippen molar-refractivity contribution in [3.63, 3.8) is 0 Å². The highest BCUT2D eigenvalue weighted by Crippen LogP contribution is 2.28. The molecule has 5 aromatic rings. The first-order chi connectivity index (χ1) is 15.3. The van der Waals surface area contributed by atoms with E-state index in [0.717, 1.165) is 33.8 Å². The van der Waals surface area contributed by atoms with Crippen LogP contribution in [0.2, 0.25) is 0 Å². The molecule has 1 N–H and O–H groups in total. The first-order valence-corrected chi connectivity index (χ1v) is 10.2. The van der Waals surface area contributed by atoms with Crippen LogP contribution in [0.25, 0.3) is 28.2 Å². The summed E-state index contributed by atoms with van der Waals surface area (Å²) in [6, 6.07) is 30.7. The molecule has 5 rings (SSSR count). The second kappa shape index (κ2) is 8.33. The molecule has 6 nitrogen and oxygen atoms in total. The lowest BCUT2D eigenvalue weighted by Gasteiger charge is -2.08. The topological polar surface area (TPSA) is 63.8 Å². The molecule has 31 heavy (non-hydrogen) atoms. The zero-order chi connectivity index (χ0) is 21.0. The van der Waals surface area contributed by atoms with Crippen molar-refractivity contribution in [3.8, 4) is 28.2 Å². The van der Waals surface area contributed by atoms with E-state index in [2.05, 4.69) is 45.6 Å². The van der Waals surface area contributed by atoms with Crippen LogP contribution in [-0.4, -0.2) is 30.9 Å². The maximum atomic E-state index is 5.11. The van der Waals surface area contributed by atoms with E-state index in [0.29, 0.717) is 4.77 Å². The number of hydrogen-bond acceptors (Lipinski definition) is 4. The fraction of sp³-hybridized carbons (Fsp3) is 0. The lowest BCUT2D eigenvalue weighted by molar-refractivity contribution is 0.862. The summed E-state index contributed by atoms with van der Waals surface area (Å²) >= 11 is 5.11. The lowest BCUT2D eigenvalue weighted by Crippen LogP contribution is -1.99. The molecule has 3 aromatic carbocycles. The van der Waals surface area contributed by atoms with Crippen LogP contribution in [0.1, 0.15) is 5.56 Å². The molecule has 0 saturated heterocycles. The van der Waals surface area contributed by atoms with Gasteiger partial charge in [-0.3, -0.25) is 5.10 Å². The van der Waals surface area contributed by atoms with Crippen LogP contribution >= 0.6 is 12.2 Å². The molecule has 150 valence electrons. The van der Waals surface area contributed by atoms with Crippen LogP contribution in [0.5, 0.6) is 0 Å². The van der Waals surface area contributed by atoms with Gasteiger partial charge in [0.05, 0.1) is 23.3 Å². The van der Waals surface area contributed by atoms with Crippen LogP contribution in [0, 0.1) is 4.77 Å². The molecule has 0 saturated carbocycles. The molecule has 0 fully saturated rings. The number of rotatable bonds is 5. The van der Waals surface area contributed by atoms with E-state index in [4.69, 9.17) is 17.3 Å². The van der Waals surface area contributed by atoms with Gasteiger partial charge in [-0.1, -0.05) is 72.8 Å². The second-order valence-corrected chi connectivity index (χ2v) is 7.29. The van der Waals surface area contributed by atoms with Crippen molar-refractivity contribution in [2.75, 3.05) is 0 Å². The minimum Gasteiger partial charge on any atom is -0.250 e. The second-order valence-electron chi connectivity index (χ2n) is 6.90. The number of aromatic nitrogens is 5. The van der Waals surface area contributed by atoms with E-state index in [1.807, 2.05) is 65.3 Å². The van der Waals surface area contributed by atoms with Gasteiger partial charge in [0.1, 0.15) is 6.33 Å². The molecule has 0 unspecified atom stereocenters. The first kappa shape index (κ1) is 18.9. The number of nitrogens with one attached hydrogen (secondary N) is 1. The molecule has 0 atom stereocenters. The Balaban J connectivity index is 1.53. The van der Waals surface area contributed by atoms with Crippen molar-refractivity contribution in [2.45, 2.75) is 0 Å². The monoisotopic (exact) mass is 422 g/mol. The van der Waals surface area contributed by atoms with Gasteiger partial charge in [0.25, 0.3) is 0 Å². The van der Waals surface area contributed by atoms with Crippen molar-refractivity contribution >= 4 is 18.4 Å². The third kappa shape index (κ3) is 3.99. The van der Waals surface area contributed by atoms with E-state index in [1.54, 1.807) is 6.21 Å². The largest absolute Gasteiger partial charge is 0.250 e. The predicted octanol–water partition coefficient (Wildman–Crippen LogP) is 5.34. The molecule has 0 radical (unpaired) electrons. The van der Waals surface area contributed by atoms with Crippen molar-refractivity contribution < 1.29 is 0 Å². The Morgan fingerprint density at radius 2 is 1.52 bits per heavy atom. The van der Waals surface area contributed by atoms with Crippen molar-refractivity contribution in [1.29, 1.82) is 0 Å². The zero-order valence-corrected chi connectivity index (χ0v) is 17.3. The van der Waals surface area contributed by atoms with Crippen molar-refractivity contribution in [1.82, 2.24) is 24.7 Å². The average Bonchev–Trinajstić information content (AvgIpc) is 3.46. The van der Waals surface area contributed by atoms with Gasteiger partial charge in [0.15, 0.2) is 0 Å². The van der Waals surface area contributed by atoms with Crippen molar-refractivity contribution in [3.05, 3.63) is 108 Å². The maximum Gasteiger partial charge on any atom is 0.216 e. The van der Waals surface area contributed by atoms with Gasteiger partial charge in [-0.15, -0.1) is 0 Å². The molecular weight excluding hydrogens is 404 g/mol. The summed E-state index contributed by atoms with van der Waals surface area (Å²) in [6.07, 6.45) is 3.28. The zero-order valence-electron chi connectivity index (χ0n) is 16.5. The van der Waals surface area contributed by atoms with Crippen LogP contribution in [0.3, 0.4) is 0 Å². The molecule has 0 spiro atoms. The van der Waals surface area contributed by atoms with Gasteiger partial charge in [-0.25, -0.2) is 4.68 Å². The predicted molar refractivity (Wildman–Crippen MR) is 125 cm³/mol. The Hall–Kier alpha value is -4.10. The van der Waals surface area contributed by atoms with Gasteiger partial charge in [-0.05, 0) is 36.0 Å². The maximum absolute atomic E-state index is 5.11. The smallest absolute Gasteiger partial charge is 0.216 e. The highest BCUT2D eigenvalue weighted by Gasteiger charge is 2.12. The summed E-state index contributed by atoms with van der Waals surface area (Å²) in [5.74, 6) is 0. The Kier molecular flexibility index (Phi) is 5.08. The Morgan fingerprint density at radius 1 is 0.839 bits per heavy atom. The summed E-state index contributed by atoms with van der Waals surface area (Å²) < 4.78 is 3.94. The highest BCUT2D eigenvalue weighted by atomic mass is 32.1. The summed E-state index contributed by atoms with van der Waals surface area (Å²) in [5.41, 5.74) is 6.07. The van der Waals surface area contributed by atoms with E-state index >= 15 is 0 Å². The average molecular weight is 423 g/mol. The van der Waals surface area contributed by atoms with Gasteiger partial charge in [-0.2, -0.15) is 20.0 Å². The van der Waals surface area contributed by atoms with Gasteiger partial charge >= 0.3 is 0 Å². The normalized spacial score (nSPS) is 11.2. The Labute approximate surface area is 184 Å². The Morgan fingerprint density at radius 3 is 2.16 bits per heavy atom. The summed E-state index contributed by atoms with van der Waals surface area (Å²) in [6.45, 7) is 0. The third-order valence-corrected chi connectivity index (χ3v) is 5.13. The summed E-state index contributed by atoms with van der Waals surface area (Å²) in [4.78, 5) is 0. The molecule has 0 amide bonds. The molecule has 7 heteroatoms. The standard InChI is InChI=1S/C24H18N6S/c31-24-27-25-17-29(24)26-16-18-11-13-21(14-12-18)30-23(20-9-5-2-6-10-20)15-22(28-30)19-7-3-1-4-8-19/h1-17H,(H,27,31)/b26-16+. The summed E-state index contributed by atoms with van der Waals surface area (Å²) in [5, 5.41) is 15.8. The molecule has 2 heterocycles. The van der Waals surface area contributed by atoms with Crippen molar-refractivity contribution in [2.24, 2.45) is 5.10 Å². The van der Waals surface area contributed by atoms with Crippen LogP contribution in [-0.2, 0) is 0 Å². The van der Waals surface area contributed by atoms with E-state index in [9.17, 15) is 0 Å². The third-order valence-electron chi connectivity index (χ3n) is 4.85. The molecule has 2 aromatic heterocycles. The lowest BCUT2D eigenvalue weighted by atomic mass is 10.1. The molecular formula is C24H18N6S. The van der Waals surface area contributed by atoms with Gasteiger partial charge in [0.2, 0.25) is 4.77 Å². The van der Waals surface area contributed by atoms with Crippen LogP contribution in [0.4, 0.5) is 0 Å². The molecule has 0 bridgehead atoms. The van der Waals surface area contributed by atoms with E-state index in [1.165, 1.54) is 11.0 Å². The highest BCUT2D eigenvalue weighted by molar-refractivity contribution is 7.71. The molecule has 0 aliphatic rings. The van der Waals surface area contributed by atoms with Gasteiger partial charge < -0.3 is 0 Å². The van der Waals surface area contributed by atoms with E-state index < -0.39 is 0 Å². The first-order valence-electron chi connectivity index (χ1n) is 9.76. The number of H-pyrrole nitrogens is 1. The SMILES string of the molecule is S=c1[nH]ncn1/N=C/c1ccc(-n2nc(-c3ccccc3)cc2-c2ccccc2)cc1. The number of hydrogen-bond donors (Lipinski definition) is 1.